The van der Waals surface area contributed by atoms with E-state index >= 15 is 0 Å². The van der Waals surface area contributed by atoms with Crippen molar-refractivity contribution in [3.05, 3.63) is 234 Å². The highest BCUT2D eigenvalue weighted by atomic mass is 16.3. The molecule has 0 aliphatic heterocycles. The summed E-state index contributed by atoms with van der Waals surface area (Å²) in [6.07, 6.45) is 0. The molecular formula is C56H39NO. The van der Waals surface area contributed by atoms with Gasteiger partial charge in [0.1, 0.15) is 11.2 Å². The van der Waals surface area contributed by atoms with E-state index in [-0.39, 0.29) is 5.41 Å². The quantitative estimate of drug-likeness (QED) is 0.175. The Morgan fingerprint density at radius 3 is 1.76 bits per heavy atom. The van der Waals surface area contributed by atoms with Gasteiger partial charge in [0.05, 0.1) is 11.1 Å². The number of anilines is 3. The number of benzene rings is 9. The molecule has 2 nitrogen and oxygen atoms in total. The minimum absolute atomic E-state index is 0.203. The monoisotopic (exact) mass is 741 g/mol. The highest BCUT2D eigenvalue weighted by Crippen LogP contribution is 2.60. The Morgan fingerprint density at radius 1 is 0.414 bits per heavy atom. The van der Waals surface area contributed by atoms with Gasteiger partial charge >= 0.3 is 0 Å². The fourth-order valence-electron chi connectivity index (χ4n) is 10.7. The highest BCUT2D eigenvalue weighted by molar-refractivity contribution is 6.09. The van der Waals surface area contributed by atoms with Crippen LogP contribution in [0, 0.1) is 0 Å². The van der Waals surface area contributed by atoms with Gasteiger partial charge in [-0.2, -0.15) is 0 Å². The average molecular weight is 742 g/mol. The largest absolute Gasteiger partial charge is 0.456 e. The summed E-state index contributed by atoms with van der Waals surface area (Å²) < 4.78 is 6.61. The maximum absolute atomic E-state index is 6.61. The van der Waals surface area contributed by atoms with Gasteiger partial charge in [-0.25, -0.2) is 0 Å². The summed E-state index contributed by atoms with van der Waals surface area (Å²) in [7, 11) is 0. The minimum atomic E-state index is -0.529. The van der Waals surface area contributed by atoms with Gasteiger partial charge in [-0.05, 0) is 97.2 Å². The smallest absolute Gasteiger partial charge is 0.137 e. The van der Waals surface area contributed by atoms with Crippen molar-refractivity contribution in [1.82, 2.24) is 0 Å². The fraction of sp³-hybridized carbons (Fsp3) is 0.0714. The van der Waals surface area contributed by atoms with E-state index in [2.05, 4.69) is 213 Å². The molecule has 10 aromatic rings. The number of hydrogen-bond donors (Lipinski definition) is 0. The molecule has 0 fully saturated rings. The van der Waals surface area contributed by atoms with E-state index in [4.69, 9.17) is 4.42 Å². The second-order valence-corrected chi connectivity index (χ2v) is 16.4. The number of nitrogens with zero attached hydrogens (tertiary/aromatic N) is 1. The van der Waals surface area contributed by atoms with Crippen LogP contribution in [-0.2, 0) is 10.8 Å². The molecular weight excluding hydrogens is 703 g/mol. The Kier molecular flexibility index (Phi) is 6.93. The second kappa shape index (κ2) is 12.2. The van der Waals surface area contributed by atoms with E-state index < -0.39 is 5.41 Å². The van der Waals surface area contributed by atoms with Gasteiger partial charge in [0.2, 0.25) is 0 Å². The molecule has 0 atom stereocenters. The molecule has 0 spiro atoms. The van der Waals surface area contributed by atoms with Crippen LogP contribution in [0.5, 0.6) is 0 Å². The van der Waals surface area contributed by atoms with Crippen LogP contribution in [0.15, 0.2) is 205 Å². The van der Waals surface area contributed by atoms with Crippen molar-refractivity contribution in [1.29, 1.82) is 0 Å². The molecule has 0 saturated carbocycles. The van der Waals surface area contributed by atoms with Crippen LogP contribution in [0.3, 0.4) is 0 Å². The molecule has 0 N–H and O–H groups in total. The predicted octanol–water partition coefficient (Wildman–Crippen LogP) is 14.9. The summed E-state index contributed by atoms with van der Waals surface area (Å²) >= 11 is 0. The SMILES string of the molecule is CC1(C)c2ccccc2-c2c(N(c3ccc4c(c3)C(c3ccccc3)(c3ccccc3)c3ccccc3-4)c3ccc4c(c3)oc3ccccc34)cc3ccccc3c21. The summed E-state index contributed by atoms with van der Waals surface area (Å²) in [6.45, 7) is 4.78. The Morgan fingerprint density at radius 2 is 0.983 bits per heavy atom. The van der Waals surface area contributed by atoms with Crippen molar-refractivity contribution < 1.29 is 4.42 Å². The van der Waals surface area contributed by atoms with E-state index in [1.807, 2.05) is 6.07 Å². The number of rotatable bonds is 5. The van der Waals surface area contributed by atoms with Crippen LogP contribution in [0.25, 0.3) is 55.0 Å². The first-order valence-electron chi connectivity index (χ1n) is 20.3. The van der Waals surface area contributed by atoms with Crippen molar-refractivity contribution in [3.8, 4) is 22.3 Å². The van der Waals surface area contributed by atoms with Gasteiger partial charge in [-0.1, -0.05) is 172 Å². The maximum atomic E-state index is 6.61. The Hall–Kier alpha value is -7.16. The molecule has 58 heavy (non-hydrogen) atoms. The molecule has 2 heteroatoms. The third-order valence-electron chi connectivity index (χ3n) is 13.1. The summed E-state index contributed by atoms with van der Waals surface area (Å²) in [5.41, 5.74) is 17.2. The zero-order chi connectivity index (χ0) is 38.6. The number of hydrogen-bond acceptors (Lipinski definition) is 2. The van der Waals surface area contributed by atoms with Crippen LogP contribution in [0.2, 0.25) is 0 Å². The van der Waals surface area contributed by atoms with E-state index in [0.717, 1.165) is 39.0 Å². The van der Waals surface area contributed by atoms with E-state index in [9.17, 15) is 0 Å². The molecule has 0 saturated heterocycles. The standard InChI is InChI=1S/C56H39NO/c1-55(2)47-26-14-12-25-46(47)53-50(33-36-17-9-10-22-41(36)54(53)55)57(40-30-32-45-44-24-13-16-28-51(44)58-52(45)35-40)39-29-31-43-42-23-11-15-27-48(42)56(49(43)34-39,37-18-5-3-6-19-37)38-20-7-4-8-21-38/h3-35H,1-2H3. The summed E-state index contributed by atoms with van der Waals surface area (Å²) in [5.74, 6) is 0. The molecule has 0 radical (unpaired) electrons. The van der Waals surface area contributed by atoms with Crippen molar-refractivity contribution in [2.24, 2.45) is 0 Å². The van der Waals surface area contributed by atoms with Gasteiger partial charge in [0, 0.05) is 39.2 Å². The van der Waals surface area contributed by atoms with Crippen molar-refractivity contribution >= 4 is 49.8 Å². The van der Waals surface area contributed by atoms with Gasteiger partial charge in [0.25, 0.3) is 0 Å². The fourth-order valence-corrected chi connectivity index (χ4v) is 10.7. The van der Waals surface area contributed by atoms with Gasteiger partial charge in [-0.15, -0.1) is 0 Å². The Bertz CT molecular complexity index is 3220. The normalized spacial score (nSPS) is 14.3. The van der Waals surface area contributed by atoms with E-state index in [1.54, 1.807) is 0 Å². The Labute approximate surface area is 338 Å². The Balaban J connectivity index is 1.20. The molecule has 2 aliphatic rings. The lowest BCUT2D eigenvalue weighted by Crippen LogP contribution is -2.28. The maximum Gasteiger partial charge on any atom is 0.137 e. The molecule has 1 heterocycles. The van der Waals surface area contributed by atoms with Gasteiger partial charge < -0.3 is 9.32 Å². The first-order chi connectivity index (χ1) is 28.5. The van der Waals surface area contributed by atoms with Gasteiger partial charge in [0.15, 0.2) is 0 Å². The minimum Gasteiger partial charge on any atom is -0.456 e. The molecule has 1 aromatic heterocycles. The summed E-state index contributed by atoms with van der Waals surface area (Å²) in [6, 6.07) is 73.8. The van der Waals surface area contributed by atoms with Gasteiger partial charge in [-0.3, -0.25) is 0 Å². The van der Waals surface area contributed by atoms with Crippen LogP contribution < -0.4 is 4.90 Å². The highest BCUT2D eigenvalue weighted by Gasteiger charge is 2.47. The van der Waals surface area contributed by atoms with Crippen LogP contribution in [0.4, 0.5) is 17.1 Å². The lowest BCUT2D eigenvalue weighted by molar-refractivity contribution is 0.666. The molecule has 0 bridgehead atoms. The predicted molar refractivity (Wildman–Crippen MR) is 241 cm³/mol. The lowest BCUT2D eigenvalue weighted by Gasteiger charge is -2.35. The molecule has 9 aromatic carbocycles. The van der Waals surface area contributed by atoms with Crippen LogP contribution in [-0.4, -0.2) is 0 Å². The van der Waals surface area contributed by atoms with Crippen molar-refractivity contribution in [2.75, 3.05) is 4.90 Å². The molecule has 0 unspecified atom stereocenters. The molecule has 0 amide bonds. The number of fused-ring (bicyclic) bond motifs is 11. The summed E-state index contributed by atoms with van der Waals surface area (Å²) in [4.78, 5) is 2.50. The second-order valence-electron chi connectivity index (χ2n) is 16.4. The average Bonchev–Trinajstić information content (AvgIpc) is 3.88. The van der Waals surface area contributed by atoms with E-state index in [1.165, 1.54) is 66.4 Å². The number of para-hydroxylation sites is 1. The first kappa shape index (κ1) is 33.0. The van der Waals surface area contributed by atoms with Crippen LogP contribution in [0.1, 0.15) is 47.2 Å². The molecule has 12 rings (SSSR count). The van der Waals surface area contributed by atoms with Crippen molar-refractivity contribution in [2.45, 2.75) is 24.7 Å². The summed E-state index contributed by atoms with van der Waals surface area (Å²) in [5, 5.41) is 4.77. The number of furan rings is 1. The van der Waals surface area contributed by atoms with Crippen LogP contribution >= 0.6 is 0 Å². The molecule has 2 aliphatic carbocycles. The third-order valence-corrected chi connectivity index (χ3v) is 13.1. The van der Waals surface area contributed by atoms with Crippen molar-refractivity contribution in [3.63, 3.8) is 0 Å². The topological polar surface area (TPSA) is 16.4 Å². The zero-order valence-corrected chi connectivity index (χ0v) is 32.4. The molecule has 274 valence electrons. The first-order valence-corrected chi connectivity index (χ1v) is 20.3. The lowest BCUT2D eigenvalue weighted by atomic mass is 9.67. The third kappa shape index (κ3) is 4.43. The zero-order valence-electron chi connectivity index (χ0n) is 32.4. The van der Waals surface area contributed by atoms with E-state index in [0.29, 0.717) is 0 Å².